The van der Waals surface area contributed by atoms with Crippen LogP contribution in [0.3, 0.4) is 0 Å². The molecule has 1 nitrogen and oxygen atoms in total. The second-order valence-electron chi connectivity index (χ2n) is 14.8. The van der Waals surface area contributed by atoms with Gasteiger partial charge in [-0.05, 0) is 107 Å². The van der Waals surface area contributed by atoms with Crippen LogP contribution in [0.1, 0.15) is 0 Å². The highest BCUT2D eigenvalue weighted by Crippen LogP contribution is 2.50. The lowest BCUT2D eigenvalue weighted by Crippen LogP contribution is -2.11. The molecule has 11 aromatic rings. The molecule has 0 amide bonds. The van der Waals surface area contributed by atoms with Gasteiger partial charge in [0.1, 0.15) is 0 Å². The maximum atomic E-state index is 2.47. The lowest BCUT2D eigenvalue weighted by Gasteiger charge is -2.29. The van der Waals surface area contributed by atoms with Gasteiger partial charge in [-0.3, -0.25) is 0 Å². The summed E-state index contributed by atoms with van der Waals surface area (Å²) in [5.74, 6) is 0. The van der Waals surface area contributed by atoms with Gasteiger partial charge in [-0.25, -0.2) is 0 Å². The summed E-state index contributed by atoms with van der Waals surface area (Å²) in [6, 6.07) is 82.1. The van der Waals surface area contributed by atoms with E-state index in [-0.39, 0.29) is 0 Å². The molecule has 0 atom stereocenters. The topological polar surface area (TPSA) is 3.24 Å². The first-order chi connectivity index (χ1) is 28.3. The normalized spacial score (nSPS) is 11.5. The van der Waals surface area contributed by atoms with Gasteiger partial charge in [0.15, 0.2) is 0 Å². The van der Waals surface area contributed by atoms with Gasteiger partial charge in [-0.2, -0.15) is 0 Å². The maximum Gasteiger partial charge on any atom is 0.0540 e. The standard InChI is InChI=1S/C56H37N/c1-4-18-40(19-5-1)49-37-50(41-20-6-2-7-21-41)55-47-31-15-14-30-46(47)51-36-43(34-35-48(51)56(55)54(49)42-24-8-3-9-25-42)57(52-32-16-26-38-22-10-12-28-44(38)52)53-33-17-27-39-23-11-13-29-45(39)53/h1-37H. The van der Waals surface area contributed by atoms with E-state index >= 15 is 0 Å². The number of anilines is 3. The molecular formula is C56H37N. The summed E-state index contributed by atoms with van der Waals surface area (Å²) in [5, 5.41) is 12.3. The summed E-state index contributed by atoms with van der Waals surface area (Å²) in [7, 11) is 0. The number of fused-ring (bicyclic) bond motifs is 8. The molecule has 0 N–H and O–H groups in total. The summed E-state index contributed by atoms with van der Waals surface area (Å²) >= 11 is 0. The maximum absolute atomic E-state index is 2.47. The molecule has 0 saturated carbocycles. The first kappa shape index (κ1) is 32.9. The molecule has 266 valence electrons. The largest absolute Gasteiger partial charge is 0.309 e. The van der Waals surface area contributed by atoms with Crippen LogP contribution in [-0.2, 0) is 0 Å². The fraction of sp³-hybridized carbons (Fsp3) is 0. The highest BCUT2D eigenvalue weighted by Gasteiger charge is 2.23. The number of rotatable bonds is 6. The predicted molar refractivity (Wildman–Crippen MR) is 245 cm³/mol. The van der Waals surface area contributed by atoms with Crippen LogP contribution in [0.15, 0.2) is 224 Å². The van der Waals surface area contributed by atoms with Crippen molar-refractivity contribution in [2.24, 2.45) is 0 Å². The molecule has 11 aromatic carbocycles. The van der Waals surface area contributed by atoms with Gasteiger partial charge in [0.2, 0.25) is 0 Å². The lowest BCUT2D eigenvalue weighted by molar-refractivity contribution is 1.32. The first-order valence-corrected chi connectivity index (χ1v) is 19.7. The number of benzene rings is 11. The highest BCUT2D eigenvalue weighted by molar-refractivity contribution is 6.33. The fourth-order valence-corrected chi connectivity index (χ4v) is 9.09. The monoisotopic (exact) mass is 723 g/mol. The molecule has 0 aliphatic rings. The van der Waals surface area contributed by atoms with E-state index in [0.717, 1.165) is 17.1 Å². The first-order valence-electron chi connectivity index (χ1n) is 19.7. The van der Waals surface area contributed by atoms with Gasteiger partial charge in [0.25, 0.3) is 0 Å². The minimum atomic E-state index is 1.11. The zero-order valence-electron chi connectivity index (χ0n) is 31.3. The van der Waals surface area contributed by atoms with E-state index in [0.29, 0.717) is 0 Å². The second kappa shape index (κ2) is 13.7. The van der Waals surface area contributed by atoms with E-state index in [9.17, 15) is 0 Å². The summed E-state index contributed by atoms with van der Waals surface area (Å²) in [6.07, 6.45) is 0. The van der Waals surface area contributed by atoms with E-state index < -0.39 is 0 Å². The molecule has 0 saturated heterocycles. The quantitative estimate of drug-likeness (QED) is 0.154. The van der Waals surface area contributed by atoms with Crippen LogP contribution in [0.25, 0.3) is 87.2 Å². The van der Waals surface area contributed by atoms with Gasteiger partial charge in [0.05, 0.1) is 11.4 Å². The van der Waals surface area contributed by atoms with Crippen molar-refractivity contribution >= 4 is 70.9 Å². The van der Waals surface area contributed by atoms with Crippen LogP contribution in [0.5, 0.6) is 0 Å². The van der Waals surface area contributed by atoms with Gasteiger partial charge < -0.3 is 4.90 Å². The van der Waals surface area contributed by atoms with Gasteiger partial charge in [-0.15, -0.1) is 0 Å². The van der Waals surface area contributed by atoms with E-state index in [2.05, 4.69) is 229 Å². The Kier molecular flexibility index (Phi) is 7.89. The third-order valence-corrected chi connectivity index (χ3v) is 11.6. The van der Waals surface area contributed by atoms with Crippen LogP contribution in [-0.4, -0.2) is 0 Å². The van der Waals surface area contributed by atoms with Crippen LogP contribution in [0.4, 0.5) is 17.1 Å². The van der Waals surface area contributed by atoms with Gasteiger partial charge >= 0.3 is 0 Å². The van der Waals surface area contributed by atoms with Crippen molar-refractivity contribution in [1.82, 2.24) is 0 Å². The van der Waals surface area contributed by atoms with Gasteiger partial charge in [0, 0.05) is 16.5 Å². The molecule has 0 fully saturated rings. The summed E-state index contributed by atoms with van der Waals surface area (Å²) in [6.45, 7) is 0. The molecule has 0 aliphatic heterocycles. The van der Waals surface area contributed by atoms with Crippen LogP contribution < -0.4 is 4.90 Å². The van der Waals surface area contributed by atoms with Crippen molar-refractivity contribution in [3.05, 3.63) is 224 Å². The molecule has 0 bridgehead atoms. The average Bonchev–Trinajstić information content (AvgIpc) is 3.29. The Balaban J connectivity index is 1.31. The molecule has 0 aromatic heterocycles. The minimum absolute atomic E-state index is 1.11. The summed E-state index contributed by atoms with van der Waals surface area (Å²) in [5.41, 5.74) is 10.7. The molecule has 0 radical (unpaired) electrons. The Morgan fingerprint density at radius 1 is 0.263 bits per heavy atom. The van der Waals surface area contributed by atoms with Crippen molar-refractivity contribution in [3.8, 4) is 33.4 Å². The Bertz CT molecular complexity index is 3190. The molecular weight excluding hydrogens is 687 g/mol. The highest BCUT2D eigenvalue weighted by atomic mass is 15.1. The van der Waals surface area contributed by atoms with Crippen LogP contribution in [0.2, 0.25) is 0 Å². The number of nitrogens with zero attached hydrogens (tertiary/aromatic N) is 1. The lowest BCUT2D eigenvalue weighted by atomic mass is 9.81. The molecule has 57 heavy (non-hydrogen) atoms. The van der Waals surface area contributed by atoms with Crippen molar-refractivity contribution in [1.29, 1.82) is 0 Å². The molecule has 0 heterocycles. The van der Waals surface area contributed by atoms with Crippen molar-refractivity contribution in [3.63, 3.8) is 0 Å². The Morgan fingerprint density at radius 3 is 1.32 bits per heavy atom. The van der Waals surface area contributed by atoms with E-state index in [1.54, 1.807) is 0 Å². The zero-order valence-corrected chi connectivity index (χ0v) is 31.3. The summed E-state index contributed by atoms with van der Waals surface area (Å²) in [4.78, 5) is 2.47. The molecule has 0 aliphatic carbocycles. The van der Waals surface area contributed by atoms with Gasteiger partial charge in [-0.1, -0.05) is 194 Å². The van der Waals surface area contributed by atoms with Crippen LogP contribution >= 0.6 is 0 Å². The second-order valence-corrected chi connectivity index (χ2v) is 14.8. The summed E-state index contributed by atoms with van der Waals surface area (Å²) < 4.78 is 0. The van der Waals surface area contributed by atoms with E-state index in [1.807, 2.05) is 0 Å². The minimum Gasteiger partial charge on any atom is -0.309 e. The zero-order chi connectivity index (χ0) is 37.7. The fourth-order valence-electron chi connectivity index (χ4n) is 9.09. The van der Waals surface area contributed by atoms with E-state index in [1.165, 1.54) is 87.2 Å². The number of hydrogen-bond donors (Lipinski definition) is 0. The third-order valence-electron chi connectivity index (χ3n) is 11.6. The SMILES string of the molecule is c1ccc(-c2cc(-c3ccccc3)c3c4ccccc4c4cc(N(c5cccc6ccccc56)c5cccc6ccccc56)ccc4c3c2-c2ccccc2)cc1. The third kappa shape index (κ3) is 5.47. The molecule has 1 heteroatoms. The average molecular weight is 724 g/mol. The molecule has 0 spiro atoms. The smallest absolute Gasteiger partial charge is 0.0540 e. The van der Waals surface area contributed by atoms with Crippen molar-refractivity contribution in [2.45, 2.75) is 0 Å². The molecule has 11 rings (SSSR count). The Morgan fingerprint density at radius 2 is 0.719 bits per heavy atom. The predicted octanol–water partition coefficient (Wildman–Crippen LogP) is 15.9. The van der Waals surface area contributed by atoms with Crippen LogP contribution in [0, 0.1) is 0 Å². The Hall–Kier alpha value is -7.48. The molecule has 0 unspecified atom stereocenters. The Labute approximate surface area is 332 Å². The van der Waals surface area contributed by atoms with E-state index in [4.69, 9.17) is 0 Å². The van der Waals surface area contributed by atoms with Crippen molar-refractivity contribution in [2.75, 3.05) is 4.90 Å². The van der Waals surface area contributed by atoms with Crippen molar-refractivity contribution < 1.29 is 0 Å². The number of hydrogen-bond acceptors (Lipinski definition) is 1.